The Morgan fingerprint density at radius 1 is 1.18 bits per heavy atom. The van der Waals surface area contributed by atoms with Gasteiger partial charge in [0.05, 0.1) is 5.69 Å². The summed E-state index contributed by atoms with van der Waals surface area (Å²) in [6.45, 7) is 2.34. The Morgan fingerprint density at radius 3 is 2.93 bits per heavy atom. The molecule has 0 unspecified atom stereocenters. The number of fused-ring (bicyclic) bond motifs is 2. The summed E-state index contributed by atoms with van der Waals surface area (Å²) in [5.41, 5.74) is 3.96. The van der Waals surface area contributed by atoms with Crippen LogP contribution in [0.5, 0.6) is 5.75 Å². The van der Waals surface area contributed by atoms with E-state index < -0.39 is 0 Å². The minimum atomic E-state index is -0.259. The van der Waals surface area contributed by atoms with Crippen LogP contribution in [0.2, 0.25) is 0 Å². The number of rotatable bonds is 4. The molecule has 2 aliphatic heterocycles. The number of aryl methyl sites for hydroxylation is 1. The second kappa shape index (κ2) is 7.80. The van der Waals surface area contributed by atoms with Crippen molar-refractivity contribution in [3.05, 3.63) is 48.0 Å². The summed E-state index contributed by atoms with van der Waals surface area (Å²) in [5, 5.41) is 5.73. The average molecular weight is 380 g/mol. The van der Waals surface area contributed by atoms with Gasteiger partial charge < -0.3 is 25.2 Å². The molecule has 146 valence electrons. The average Bonchev–Trinajstić information content (AvgIpc) is 2.71. The molecule has 2 N–H and O–H groups in total. The first-order valence-electron chi connectivity index (χ1n) is 9.53. The predicted molar refractivity (Wildman–Crippen MR) is 109 cm³/mol. The first kappa shape index (κ1) is 18.2. The Morgan fingerprint density at radius 2 is 2.04 bits per heavy atom. The molecule has 0 saturated carbocycles. The van der Waals surface area contributed by atoms with Crippen molar-refractivity contribution in [1.29, 1.82) is 0 Å². The van der Waals surface area contributed by atoms with Crippen LogP contribution in [0.4, 0.5) is 21.9 Å². The van der Waals surface area contributed by atoms with Crippen LogP contribution >= 0.6 is 0 Å². The highest BCUT2D eigenvalue weighted by Crippen LogP contribution is 2.33. The summed E-state index contributed by atoms with van der Waals surface area (Å²) >= 11 is 0. The van der Waals surface area contributed by atoms with Crippen molar-refractivity contribution in [2.24, 2.45) is 0 Å². The maximum atomic E-state index is 12.2. The van der Waals surface area contributed by atoms with Gasteiger partial charge in [-0.1, -0.05) is 18.2 Å². The second-order valence-corrected chi connectivity index (χ2v) is 7.02. The smallest absolute Gasteiger partial charge is 0.319 e. The van der Waals surface area contributed by atoms with Crippen molar-refractivity contribution < 1.29 is 14.3 Å². The zero-order chi connectivity index (χ0) is 19.5. The highest BCUT2D eigenvalue weighted by atomic mass is 16.5. The van der Waals surface area contributed by atoms with Crippen molar-refractivity contribution >= 4 is 29.0 Å². The third-order valence-corrected chi connectivity index (χ3v) is 5.18. The number of likely N-dealkylation sites (N-methyl/N-ethyl adjacent to an activating group) is 1. The van der Waals surface area contributed by atoms with E-state index in [4.69, 9.17) is 4.74 Å². The Hall–Kier alpha value is -3.22. The molecule has 0 spiro atoms. The van der Waals surface area contributed by atoms with Gasteiger partial charge >= 0.3 is 6.03 Å². The third-order valence-electron chi connectivity index (χ3n) is 5.18. The standard InChI is InChI=1S/C21H24N4O3/c1-24-18-9-8-16(13-19(18)28-14-20(24)26)23-21(27)22-10-12-25-11-4-6-15-5-2-3-7-17(15)25/h2-3,5,7-9,13H,4,6,10-12,14H2,1H3,(H2,22,23,27). The van der Waals surface area contributed by atoms with E-state index in [0.29, 0.717) is 23.7 Å². The molecule has 0 radical (unpaired) electrons. The number of carbonyl (C=O) groups excluding carboxylic acids is 2. The molecule has 0 aromatic heterocycles. The largest absolute Gasteiger partial charge is 0.481 e. The molecule has 2 aromatic rings. The summed E-state index contributed by atoms with van der Waals surface area (Å²) in [5.74, 6) is 0.495. The van der Waals surface area contributed by atoms with Crippen LogP contribution < -0.4 is 25.2 Å². The maximum Gasteiger partial charge on any atom is 0.319 e. The number of carbonyl (C=O) groups is 2. The van der Waals surface area contributed by atoms with Gasteiger partial charge in [0.2, 0.25) is 0 Å². The lowest BCUT2D eigenvalue weighted by atomic mass is 10.0. The molecule has 28 heavy (non-hydrogen) atoms. The number of benzene rings is 2. The van der Waals surface area contributed by atoms with E-state index in [-0.39, 0.29) is 18.5 Å². The van der Waals surface area contributed by atoms with Crippen LogP contribution in [0.3, 0.4) is 0 Å². The number of nitrogens with zero attached hydrogens (tertiary/aromatic N) is 2. The monoisotopic (exact) mass is 380 g/mol. The molecule has 0 saturated heterocycles. The zero-order valence-corrected chi connectivity index (χ0v) is 15.9. The fourth-order valence-corrected chi connectivity index (χ4v) is 3.68. The number of ether oxygens (including phenoxy) is 1. The number of amides is 3. The summed E-state index contributed by atoms with van der Waals surface area (Å²) in [4.78, 5) is 27.8. The van der Waals surface area contributed by atoms with Gasteiger partial charge in [-0.05, 0) is 36.6 Å². The van der Waals surface area contributed by atoms with E-state index in [9.17, 15) is 9.59 Å². The lowest BCUT2D eigenvalue weighted by Crippen LogP contribution is -2.39. The van der Waals surface area contributed by atoms with Gasteiger partial charge in [-0.2, -0.15) is 0 Å². The van der Waals surface area contributed by atoms with E-state index in [1.807, 2.05) is 0 Å². The SMILES string of the molecule is CN1C(=O)COc2cc(NC(=O)NCCN3CCCc4ccccc43)ccc21. The van der Waals surface area contributed by atoms with Crippen LogP contribution in [0.25, 0.3) is 0 Å². The number of para-hydroxylation sites is 1. The first-order valence-corrected chi connectivity index (χ1v) is 9.53. The highest BCUT2D eigenvalue weighted by molar-refractivity contribution is 5.98. The maximum absolute atomic E-state index is 12.2. The molecular weight excluding hydrogens is 356 g/mol. The van der Waals surface area contributed by atoms with Crippen LogP contribution in [0, 0.1) is 0 Å². The zero-order valence-electron chi connectivity index (χ0n) is 15.9. The summed E-state index contributed by atoms with van der Waals surface area (Å²) in [7, 11) is 1.71. The number of hydrogen-bond acceptors (Lipinski definition) is 4. The Kier molecular flexibility index (Phi) is 5.06. The van der Waals surface area contributed by atoms with Gasteiger partial charge in [0, 0.05) is 44.1 Å². The Bertz CT molecular complexity index is 899. The van der Waals surface area contributed by atoms with Crippen molar-refractivity contribution in [2.45, 2.75) is 12.8 Å². The van der Waals surface area contributed by atoms with Crippen LogP contribution in [-0.2, 0) is 11.2 Å². The molecule has 4 rings (SSSR count). The van der Waals surface area contributed by atoms with Crippen molar-refractivity contribution in [3.8, 4) is 5.75 Å². The number of nitrogens with one attached hydrogen (secondary N) is 2. The minimum Gasteiger partial charge on any atom is -0.481 e. The first-order chi connectivity index (χ1) is 13.6. The van der Waals surface area contributed by atoms with Crippen LogP contribution in [0.1, 0.15) is 12.0 Å². The molecule has 0 aliphatic carbocycles. The van der Waals surface area contributed by atoms with Gasteiger partial charge in [-0.3, -0.25) is 4.79 Å². The summed E-state index contributed by atoms with van der Waals surface area (Å²) in [6, 6.07) is 13.5. The van der Waals surface area contributed by atoms with Gasteiger partial charge in [0.15, 0.2) is 6.61 Å². The molecule has 0 bridgehead atoms. The minimum absolute atomic E-state index is 0.0104. The molecule has 3 amide bonds. The predicted octanol–water partition coefficient (Wildman–Crippen LogP) is 2.62. The Balaban J connectivity index is 1.31. The van der Waals surface area contributed by atoms with E-state index >= 15 is 0 Å². The van der Waals surface area contributed by atoms with E-state index in [1.54, 1.807) is 30.1 Å². The topological polar surface area (TPSA) is 73.9 Å². The fourth-order valence-electron chi connectivity index (χ4n) is 3.68. The second-order valence-electron chi connectivity index (χ2n) is 7.02. The number of anilines is 3. The molecule has 0 fully saturated rings. The molecule has 2 aliphatic rings. The summed E-state index contributed by atoms with van der Waals surface area (Å²) < 4.78 is 5.45. The molecule has 2 heterocycles. The van der Waals surface area contributed by atoms with Gasteiger partial charge in [-0.25, -0.2) is 4.79 Å². The van der Waals surface area contributed by atoms with Gasteiger partial charge in [-0.15, -0.1) is 0 Å². The van der Waals surface area contributed by atoms with E-state index in [0.717, 1.165) is 25.9 Å². The quantitative estimate of drug-likeness (QED) is 0.855. The van der Waals surface area contributed by atoms with Crippen molar-refractivity contribution in [2.75, 3.05) is 48.4 Å². The molecule has 7 heteroatoms. The van der Waals surface area contributed by atoms with E-state index in [2.05, 4.69) is 39.8 Å². The Labute approximate surface area is 164 Å². The summed E-state index contributed by atoms with van der Waals surface area (Å²) in [6.07, 6.45) is 2.25. The van der Waals surface area contributed by atoms with Crippen LogP contribution in [0.15, 0.2) is 42.5 Å². The van der Waals surface area contributed by atoms with Gasteiger partial charge in [0.25, 0.3) is 5.91 Å². The third kappa shape index (κ3) is 3.74. The van der Waals surface area contributed by atoms with Crippen LogP contribution in [-0.4, -0.2) is 45.2 Å². The molecular formula is C21H24N4O3. The lowest BCUT2D eigenvalue weighted by molar-refractivity contribution is -0.120. The lowest BCUT2D eigenvalue weighted by Gasteiger charge is -2.31. The fraction of sp³-hybridized carbons (Fsp3) is 0.333. The normalized spacial score (nSPS) is 15.4. The van der Waals surface area contributed by atoms with Crippen molar-refractivity contribution in [1.82, 2.24) is 5.32 Å². The van der Waals surface area contributed by atoms with Gasteiger partial charge in [0.1, 0.15) is 5.75 Å². The number of hydrogen-bond donors (Lipinski definition) is 2. The molecule has 7 nitrogen and oxygen atoms in total. The highest BCUT2D eigenvalue weighted by Gasteiger charge is 2.22. The molecule has 2 aromatic carbocycles. The molecule has 0 atom stereocenters. The van der Waals surface area contributed by atoms with E-state index in [1.165, 1.54) is 11.3 Å². The van der Waals surface area contributed by atoms with Crippen molar-refractivity contribution in [3.63, 3.8) is 0 Å². The number of urea groups is 1.